The first-order valence-electron chi connectivity index (χ1n) is 28.3. The molecule has 0 aliphatic heterocycles. The van der Waals surface area contributed by atoms with Crippen LogP contribution in [0.1, 0.15) is 55.6 Å². The van der Waals surface area contributed by atoms with Crippen LogP contribution in [0, 0.1) is 40.7 Å². The SMILES string of the molecule is C=Cc1ccc(Oc2ccc(C3(c4c(F)ccc(F)c4F)c4ccccc4-c4ccc(N(c5ccc(-c6ccc(F)cc6)cc5)c5ccc6c(c5)C(c5ccc(Oc7ccc(C=C)cc7)cc5)(c5c(F)ccc(F)c5F)c5ccccc5-6)cc43)cc2)cc1. The van der Waals surface area contributed by atoms with E-state index in [2.05, 4.69) is 13.2 Å². The number of halogens is 7. The smallest absolute Gasteiger partial charge is 0.166 e. The Labute approximate surface area is 503 Å². The summed E-state index contributed by atoms with van der Waals surface area (Å²) < 4.78 is 128. The second-order valence-electron chi connectivity index (χ2n) is 21.7. The molecule has 2 atom stereocenters. The van der Waals surface area contributed by atoms with Gasteiger partial charge in [-0.1, -0.05) is 159 Å². The summed E-state index contributed by atoms with van der Waals surface area (Å²) in [7, 11) is 0. The zero-order valence-corrected chi connectivity index (χ0v) is 46.7. The number of ether oxygens (including phenoxy) is 2. The van der Waals surface area contributed by atoms with Crippen LogP contribution in [-0.4, -0.2) is 0 Å². The lowest BCUT2D eigenvalue weighted by molar-refractivity contribution is 0.463. The van der Waals surface area contributed by atoms with Crippen LogP contribution in [0.15, 0.2) is 268 Å². The molecule has 12 aromatic carbocycles. The molecule has 0 amide bonds. The Morgan fingerprint density at radius 1 is 0.318 bits per heavy atom. The van der Waals surface area contributed by atoms with Gasteiger partial charge in [0.15, 0.2) is 23.3 Å². The monoisotopic (exact) mass is 1160 g/mol. The van der Waals surface area contributed by atoms with Crippen molar-refractivity contribution in [3.8, 4) is 56.4 Å². The van der Waals surface area contributed by atoms with Gasteiger partial charge in [0.1, 0.15) is 40.4 Å². The van der Waals surface area contributed by atoms with Crippen LogP contribution in [0.25, 0.3) is 45.5 Å². The molecule has 0 fully saturated rings. The highest BCUT2D eigenvalue weighted by atomic mass is 19.2. The van der Waals surface area contributed by atoms with E-state index in [0.717, 1.165) is 46.5 Å². The third-order valence-corrected chi connectivity index (χ3v) is 17.0. The van der Waals surface area contributed by atoms with Crippen molar-refractivity contribution >= 4 is 29.2 Å². The lowest BCUT2D eigenvalue weighted by atomic mass is 9.67. The van der Waals surface area contributed by atoms with Gasteiger partial charge in [-0.25, -0.2) is 30.7 Å². The third-order valence-electron chi connectivity index (χ3n) is 17.0. The maximum atomic E-state index is 17.3. The predicted molar refractivity (Wildman–Crippen MR) is 334 cm³/mol. The van der Waals surface area contributed by atoms with Gasteiger partial charge in [-0.15, -0.1) is 0 Å². The molecular weight excluding hydrogens is 1120 g/mol. The topological polar surface area (TPSA) is 21.7 Å². The molecule has 2 aliphatic carbocycles. The summed E-state index contributed by atoms with van der Waals surface area (Å²) in [6, 6.07) is 71.0. The molecule has 2 aliphatic rings. The number of hydrogen-bond donors (Lipinski definition) is 0. The van der Waals surface area contributed by atoms with Crippen molar-refractivity contribution in [1.29, 1.82) is 0 Å². The Balaban J connectivity index is 1.00. The molecule has 3 nitrogen and oxygen atoms in total. The average molecular weight is 1160 g/mol. The first-order valence-corrected chi connectivity index (χ1v) is 28.3. The number of hydrogen-bond acceptors (Lipinski definition) is 3. The summed E-state index contributed by atoms with van der Waals surface area (Å²) in [5, 5.41) is 0. The van der Waals surface area contributed by atoms with Crippen LogP contribution in [-0.2, 0) is 10.8 Å². The van der Waals surface area contributed by atoms with Crippen LogP contribution in [0.5, 0.6) is 23.0 Å². The predicted octanol–water partition coefficient (Wildman–Crippen LogP) is 21.4. The molecule has 14 rings (SSSR count). The summed E-state index contributed by atoms with van der Waals surface area (Å²) in [6.07, 6.45) is 3.44. The van der Waals surface area contributed by atoms with Crippen molar-refractivity contribution in [3.05, 3.63) is 364 Å². The first-order chi connectivity index (χ1) is 42.9. The molecule has 0 saturated heterocycles. The molecule has 2 unspecified atom stereocenters. The van der Waals surface area contributed by atoms with Crippen LogP contribution >= 0.6 is 0 Å². The van der Waals surface area contributed by atoms with Crippen LogP contribution in [0.3, 0.4) is 0 Å². The van der Waals surface area contributed by atoms with Gasteiger partial charge in [-0.05, 0) is 199 Å². The maximum absolute atomic E-state index is 17.3. The molecule has 10 heteroatoms. The molecule has 0 bridgehead atoms. The van der Waals surface area contributed by atoms with E-state index in [0.29, 0.717) is 95.7 Å². The van der Waals surface area contributed by atoms with Crippen molar-refractivity contribution in [1.82, 2.24) is 0 Å². The van der Waals surface area contributed by atoms with Gasteiger partial charge in [0, 0.05) is 28.2 Å². The Kier molecular flexibility index (Phi) is 13.6. The summed E-state index contributed by atoms with van der Waals surface area (Å²) >= 11 is 0. The number of anilines is 3. The molecule has 0 N–H and O–H groups in total. The third kappa shape index (κ3) is 8.89. The molecule has 0 saturated carbocycles. The summed E-state index contributed by atoms with van der Waals surface area (Å²) in [5.74, 6) is -5.71. The van der Waals surface area contributed by atoms with Crippen molar-refractivity contribution in [3.63, 3.8) is 0 Å². The van der Waals surface area contributed by atoms with E-state index < -0.39 is 62.7 Å². The Morgan fingerprint density at radius 3 is 1.06 bits per heavy atom. The minimum Gasteiger partial charge on any atom is -0.457 e. The standard InChI is InChI=1S/C78H48F7NO2/c1-3-47-13-31-57(32-14-47)87-59-35-21-51(22-36-59)77(73-69(80)41-43-71(82)75(73)84)65-11-7-5-9-61(65)63-39-29-55(45-67(63)77)86(54-27-19-50(20-28-54)49-17-25-53(79)26-18-49)56-30-40-64-62-10-6-8-12-66(62)78(68(64)46-56,74-70(81)42-44-72(83)76(74)85)52-23-37-60(38-24-52)88-58-33-15-48(4-2)16-34-58/h3-46H,1-2H2. The van der Waals surface area contributed by atoms with Crippen LogP contribution in [0.2, 0.25) is 0 Å². The van der Waals surface area contributed by atoms with E-state index in [4.69, 9.17) is 9.47 Å². The lowest BCUT2D eigenvalue weighted by Gasteiger charge is -2.36. The minimum atomic E-state index is -1.85. The molecule has 12 aromatic rings. The van der Waals surface area contributed by atoms with Crippen LogP contribution in [0.4, 0.5) is 47.8 Å². The van der Waals surface area contributed by atoms with E-state index in [1.807, 2.05) is 114 Å². The summed E-state index contributed by atoms with van der Waals surface area (Å²) in [5.41, 5.74) is 5.03. The maximum Gasteiger partial charge on any atom is 0.166 e. The Morgan fingerprint density at radius 2 is 0.659 bits per heavy atom. The minimum absolute atomic E-state index is 0.394. The molecule has 0 spiro atoms. The van der Waals surface area contributed by atoms with E-state index in [1.54, 1.807) is 121 Å². The fourth-order valence-electron chi connectivity index (χ4n) is 13.1. The zero-order chi connectivity index (χ0) is 60.4. The number of rotatable bonds is 14. The zero-order valence-electron chi connectivity index (χ0n) is 46.7. The van der Waals surface area contributed by atoms with Crippen molar-refractivity contribution in [2.45, 2.75) is 10.8 Å². The largest absolute Gasteiger partial charge is 0.457 e. The highest BCUT2D eigenvalue weighted by Crippen LogP contribution is 2.61. The summed E-state index contributed by atoms with van der Waals surface area (Å²) in [4.78, 5) is 1.91. The van der Waals surface area contributed by atoms with Gasteiger partial charge >= 0.3 is 0 Å². The van der Waals surface area contributed by atoms with Crippen molar-refractivity contribution < 1.29 is 40.2 Å². The van der Waals surface area contributed by atoms with Crippen LogP contribution < -0.4 is 14.4 Å². The Bertz CT molecular complexity index is 4460. The van der Waals surface area contributed by atoms with Gasteiger partial charge < -0.3 is 14.4 Å². The fraction of sp³-hybridized carbons (Fsp3) is 0.0256. The average Bonchev–Trinajstić information content (AvgIpc) is 1.52. The number of nitrogens with zero attached hydrogens (tertiary/aromatic N) is 1. The number of benzene rings is 12. The molecule has 426 valence electrons. The normalized spacial score (nSPS) is 15.2. The van der Waals surface area contributed by atoms with E-state index in [1.165, 1.54) is 12.1 Å². The molecule has 88 heavy (non-hydrogen) atoms. The molecular formula is C78H48F7NO2. The van der Waals surface area contributed by atoms with Gasteiger partial charge in [0.05, 0.1) is 10.8 Å². The molecule has 0 radical (unpaired) electrons. The highest BCUT2D eigenvalue weighted by Gasteiger charge is 2.52. The second kappa shape index (κ2) is 21.8. The van der Waals surface area contributed by atoms with E-state index in [9.17, 15) is 4.39 Å². The van der Waals surface area contributed by atoms with Crippen molar-refractivity contribution in [2.24, 2.45) is 0 Å². The Hall–Kier alpha value is -11.0. The van der Waals surface area contributed by atoms with E-state index in [-0.39, 0.29) is 0 Å². The van der Waals surface area contributed by atoms with Gasteiger partial charge in [-0.3, -0.25) is 0 Å². The quantitative estimate of drug-likeness (QED) is 0.0800. The van der Waals surface area contributed by atoms with E-state index >= 15 is 26.3 Å². The van der Waals surface area contributed by atoms with Crippen molar-refractivity contribution in [2.75, 3.05) is 4.90 Å². The van der Waals surface area contributed by atoms with Gasteiger partial charge in [-0.2, -0.15) is 0 Å². The first kappa shape index (κ1) is 54.9. The van der Waals surface area contributed by atoms with Gasteiger partial charge in [0.25, 0.3) is 0 Å². The van der Waals surface area contributed by atoms with Gasteiger partial charge in [0.2, 0.25) is 0 Å². The number of fused-ring (bicyclic) bond motifs is 6. The molecule has 0 heterocycles. The fourth-order valence-corrected chi connectivity index (χ4v) is 13.1. The molecule has 0 aromatic heterocycles. The summed E-state index contributed by atoms with van der Waals surface area (Å²) in [6.45, 7) is 7.67. The second-order valence-corrected chi connectivity index (χ2v) is 21.7. The highest BCUT2D eigenvalue weighted by molar-refractivity contribution is 5.93. The lowest BCUT2D eigenvalue weighted by Crippen LogP contribution is -2.32.